The standard InChI is InChI=1S/C18H20N4/c1-14(15-10-6-4-7-11-15)21(2)18-20-19-17(22(18)3)16-12-8-5-9-13-16/h4-14H,1-3H3. The topological polar surface area (TPSA) is 34.0 Å². The second kappa shape index (κ2) is 6.02. The molecule has 1 unspecified atom stereocenters. The van der Waals surface area contributed by atoms with Crippen molar-refractivity contribution in [3.63, 3.8) is 0 Å². The highest BCUT2D eigenvalue weighted by Gasteiger charge is 2.19. The monoisotopic (exact) mass is 292 g/mol. The Morgan fingerprint density at radius 3 is 2.14 bits per heavy atom. The van der Waals surface area contributed by atoms with Crippen LogP contribution in [0.1, 0.15) is 18.5 Å². The van der Waals surface area contributed by atoms with Gasteiger partial charge in [-0.2, -0.15) is 0 Å². The van der Waals surface area contributed by atoms with Gasteiger partial charge >= 0.3 is 0 Å². The first-order valence-corrected chi connectivity index (χ1v) is 7.41. The summed E-state index contributed by atoms with van der Waals surface area (Å²) in [6.45, 7) is 2.17. The molecule has 0 aliphatic carbocycles. The Kier molecular flexibility index (Phi) is 3.92. The average Bonchev–Trinajstić information content (AvgIpc) is 2.96. The minimum absolute atomic E-state index is 0.229. The highest BCUT2D eigenvalue weighted by atomic mass is 15.4. The third-order valence-electron chi connectivity index (χ3n) is 4.06. The molecule has 1 aromatic heterocycles. The molecule has 1 atom stereocenters. The molecule has 1 heterocycles. The molecule has 0 amide bonds. The Labute approximate surface area is 131 Å². The van der Waals surface area contributed by atoms with E-state index in [1.165, 1.54) is 5.56 Å². The highest BCUT2D eigenvalue weighted by Crippen LogP contribution is 2.26. The fourth-order valence-corrected chi connectivity index (χ4v) is 2.60. The lowest BCUT2D eigenvalue weighted by molar-refractivity contribution is 0.695. The van der Waals surface area contributed by atoms with Crippen molar-refractivity contribution < 1.29 is 0 Å². The zero-order valence-corrected chi connectivity index (χ0v) is 13.1. The second-order valence-electron chi connectivity index (χ2n) is 5.45. The Bertz CT molecular complexity index is 734. The van der Waals surface area contributed by atoms with Gasteiger partial charge < -0.3 is 4.90 Å². The van der Waals surface area contributed by atoms with Crippen molar-refractivity contribution in [2.45, 2.75) is 13.0 Å². The zero-order chi connectivity index (χ0) is 15.5. The summed E-state index contributed by atoms with van der Waals surface area (Å²) < 4.78 is 2.04. The molecule has 0 radical (unpaired) electrons. The van der Waals surface area contributed by atoms with E-state index in [9.17, 15) is 0 Å². The molecular formula is C18H20N4. The van der Waals surface area contributed by atoms with E-state index in [0.717, 1.165) is 17.3 Å². The minimum Gasteiger partial charge on any atom is -0.337 e. The van der Waals surface area contributed by atoms with E-state index in [0.29, 0.717) is 0 Å². The molecule has 2 aromatic carbocycles. The molecule has 0 spiro atoms. The predicted molar refractivity (Wildman–Crippen MR) is 89.7 cm³/mol. The summed E-state index contributed by atoms with van der Waals surface area (Å²) in [5.41, 5.74) is 2.33. The van der Waals surface area contributed by atoms with Gasteiger partial charge in [0.2, 0.25) is 5.95 Å². The van der Waals surface area contributed by atoms with Crippen molar-refractivity contribution in [1.29, 1.82) is 0 Å². The molecule has 0 fully saturated rings. The third-order valence-corrected chi connectivity index (χ3v) is 4.06. The highest BCUT2D eigenvalue weighted by molar-refractivity contribution is 5.57. The van der Waals surface area contributed by atoms with Gasteiger partial charge in [0.05, 0.1) is 6.04 Å². The van der Waals surface area contributed by atoms with E-state index in [4.69, 9.17) is 0 Å². The number of aromatic nitrogens is 3. The number of rotatable bonds is 4. The molecule has 22 heavy (non-hydrogen) atoms. The van der Waals surface area contributed by atoms with Gasteiger partial charge in [-0.25, -0.2) is 0 Å². The molecule has 4 heteroatoms. The maximum Gasteiger partial charge on any atom is 0.227 e. The third kappa shape index (κ3) is 2.60. The Hall–Kier alpha value is -2.62. The molecule has 112 valence electrons. The van der Waals surface area contributed by atoms with Crippen molar-refractivity contribution >= 4 is 5.95 Å². The van der Waals surface area contributed by atoms with Gasteiger partial charge in [-0.15, -0.1) is 10.2 Å². The summed E-state index contributed by atoms with van der Waals surface area (Å²) >= 11 is 0. The SMILES string of the molecule is CC(c1ccccc1)N(C)c1nnc(-c2ccccc2)n1C. The van der Waals surface area contributed by atoms with Crippen LogP contribution in [-0.2, 0) is 7.05 Å². The van der Waals surface area contributed by atoms with Crippen molar-refractivity contribution in [2.24, 2.45) is 7.05 Å². The number of benzene rings is 2. The van der Waals surface area contributed by atoms with Gasteiger partial charge in [-0.05, 0) is 12.5 Å². The largest absolute Gasteiger partial charge is 0.337 e. The molecule has 0 aliphatic heterocycles. The van der Waals surface area contributed by atoms with Crippen molar-refractivity contribution in [3.05, 3.63) is 66.2 Å². The second-order valence-corrected chi connectivity index (χ2v) is 5.45. The van der Waals surface area contributed by atoms with E-state index in [2.05, 4.69) is 65.5 Å². The minimum atomic E-state index is 0.229. The maximum absolute atomic E-state index is 4.38. The average molecular weight is 292 g/mol. The molecule has 0 N–H and O–H groups in total. The van der Waals surface area contributed by atoms with Gasteiger partial charge in [-0.3, -0.25) is 4.57 Å². The number of nitrogens with zero attached hydrogens (tertiary/aromatic N) is 4. The van der Waals surface area contributed by atoms with E-state index in [1.54, 1.807) is 0 Å². The van der Waals surface area contributed by atoms with Crippen LogP contribution in [-0.4, -0.2) is 21.8 Å². The molecule has 0 aliphatic rings. The van der Waals surface area contributed by atoms with Crippen LogP contribution < -0.4 is 4.90 Å². The van der Waals surface area contributed by atoms with Crippen LogP contribution in [0.15, 0.2) is 60.7 Å². The quantitative estimate of drug-likeness (QED) is 0.735. The number of anilines is 1. The zero-order valence-electron chi connectivity index (χ0n) is 13.1. The van der Waals surface area contributed by atoms with Gasteiger partial charge in [0.15, 0.2) is 5.82 Å². The lowest BCUT2D eigenvalue weighted by Gasteiger charge is -2.25. The predicted octanol–water partition coefficient (Wildman–Crippen LogP) is 3.68. The van der Waals surface area contributed by atoms with Crippen LogP contribution in [0.3, 0.4) is 0 Å². The molecule has 3 aromatic rings. The van der Waals surface area contributed by atoms with E-state index in [-0.39, 0.29) is 6.04 Å². The molecule has 3 rings (SSSR count). The lowest BCUT2D eigenvalue weighted by Crippen LogP contribution is -2.24. The fourth-order valence-electron chi connectivity index (χ4n) is 2.60. The van der Waals surface area contributed by atoms with Crippen LogP contribution in [0.5, 0.6) is 0 Å². The summed E-state index contributed by atoms with van der Waals surface area (Å²) in [7, 11) is 4.06. The van der Waals surface area contributed by atoms with Crippen LogP contribution >= 0.6 is 0 Å². The first kappa shape index (κ1) is 14.3. The summed E-state index contributed by atoms with van der Waals surface area (Å²) in [5.74, 6) is 1.73. The fraction of sp³-hybridized carbons (Fsp3) is 0.222. The summed E-state index contributed by atoms with van der Waals surface area (Å²) in [5, 5.41) is 8.73. The van der Waals surface area contributed by atoms with Gasteiger partial charge in [0.25, 0.3) is 0 Å². The van der Waals surface area contributed by atoms with Crippen LogP contribution in [0.2, 0.25) is 0 Å². The van der Waals surface area contributed by atoms with Gasteiger partial charge in [-0.1, -0.05) is 60.7 Å². The molecule has 0 bridgehead atoms. The molecular weight excluding hydrogens is 272 g/mol. The number of hydrogen-bond acceptors (Lipinski definition) is 3. The smallest absolute Gasteiger partial charge is 0.227 e. The summed E-state index contributed by atoms with van der Waals surface area (Å²) in [6, 6.07) is 20.8. The lowest BCUT2D eigenvalue weighted by atomic mass is 10.1. The van der Waals surface area contributed by atoms with Gasteiger partial charge in [0.1, 0.15) is 0 Å². The van der Waals surface area contributed by atoms with E-state index < -0.39 is 0 Å². The maximum atomic E-state index is 4.38. The first-order valence-electron chi connectivity index (χ1n) is 7.41. The number of hydrogen-bond donors (Lipinski definition) is 0. The van der Waals surface area contributed by atoms with E-state index >= 15 is 0 Å². The Balaban J connectivity index is 1.91. The molecule has 0 saturated heterocycles. The van der Waals surface area contributed by atoms with Crippen LogP contribution in [0.25, 0.3) is 11.4 Å². The van der Waals surface area contributed by atoms with Crippen LogP contribution in [0.4, 0.5) is 5.95 Å². The normalized spacial score (nSPS) is 12.1. The summed E-state index contributed by atoms with van der Waals surface area (Å²) in [6.07, 6.45) is 0. The van der Waals surface area contributed by atoms with Crippen molar-refractivity contribution in [2.75, 3.05) is 11.9 Å². The summed E-state index contributed by atoms with van der Waals surface area (Å²) in [4.78, 5) is 2.15. The Morgan fingerprint density at radius 1 is 0.909 bits per heavy atom. The van der Waals surface area contributed by atoms with Crippen molar-refractivity contribution in [1.82, 2.24) is 14.8 Å². The molecule has 4 nitrogen and oxygen atoms in total. The van der Waals surface area contributed by atoms with E-state index in [1.807, 2.05) is 35.9 Å². The van der Waals surface area contributed by atoms with Gasteiger partial charge in [0, 0.05) is 19.7 Å². The molecule has 0 saturated carbocycles. The Morgan fingerprint density at radius 2 is 1.50 bits per heavy atom. The first-order chi connectivity index (χ1) is 10.7. The van der Waals surface area contributed by atoms with Crippen molar-refractivity contribution in [3.8, 4) is 11.4 Å². The van der Waals surface area contributed by atoms with Crippen LogP contribution in [0, 0.1) is 0 Å².